The molecule has 0 aliphatic carbocycles. The van der Waals surface area contributed by atoms with E-state index in [0.717, 1.165) is 6.42 Å². The van der Waals surface area contributed by atoms with Crippen LogP contribution in [0.15, 0.2) is 47.1 Å². The molecule has 1 aromatic carbocycles. The highest BCUT2D eigenvalue weighted by molar-refractivity contribution is 6.01. The zero-order valence-corrected chi connectivity index (χ0v) is 15.7. The fourth-order valence-electron chi connectivity index (χ4n) is 1.90. The topological polar surface area (TPSA) is 12.4 Å². The Morgan fingerprint density at radius 3 is 2.15 bits per heavy atom. The van der Waals surface area contributed by atoms with Crippen molar-refractivity contribution in [1.82, 2.24) is 0 Å². The van der Waals surface area contributed by atoms with E-state index in [9.17, 15) is 0 Å². The Morgan fingerprint density at radius 1 is 1.15 bits per heavy atom. The van der Waals surface area contributed by atoms with Crippen LogP contribution >= 0.6 is 0 Å². The van der Waals surface area contributed by atoms with Gasteiger partial charge in [-0.05, 0) is 20.3 Å². The van der Waals surface area contributed by atoms with Crippen LogP contribution in [0.1, 0.15) is 32.8 Å². The van der Waals surface area contributed by atoms with Crippen LogP contribution in [0.4, 0.5) is 0 Å². The molecule has 0 amide bonds. The molecule has 1 unspecified atom stereocenters. The monoisotopic (exact) mass is 386 g/mol. The van der Waals surface area contributed by atoms with Crippen LogP contribution < -0.4 is 24.0 Å². The van der Waals surface area contributed by atoms with Crippen molar-refractivity contribution in [2.24, 2.45) is 11.0 Å². The zero-order valence-electron chi connectivity index (χ0n) is 13.5. The first-order chi connectivity index (χ1) is 8.79. The molecule has 0 radical (unpaired) electrons. The smallest absolute Gasteiger partial charge is 0.106 e. The Kier molecular flexibility index (Phi) is 8.28. The van der Waals surface area contributed by atoms with Crippen LogP contribution in [-0.4, -0.2) is 31.4 Å². The fraction of sp³-hybridized carbons (Fsp3) is 0.471. The molecule has 20 heavy (non-hydrogen) atoms. The Hall–Kier alpha value is -0.680. The predicted molar refractivity (Wildman–Crippen MR) is 84.2 cm³/mol. The van der Waals surface area contributed by atoms with Crippen molar-refractivity contribution in [3.63, 3.8) is 0 Å². The highest BCUT2D eigenvalue weighted by atomic mass is 127. The first-order valence-corrected chi connectivity index (χ1v) is 6.90. The molecule has 1 atom stereocenters. The van der Waals surface area contributed by atoms with E-state index in [-0.39, 0.29) is 24.0 Å². The summed E-state index contributed by atoms with van der Waals surface area (Å²) in [6, 6.07) is 10.5. The fourth-order valence-corrected chi connectivity index (χ4v) is 1.90. The van der Waals surface area contributed by atoms with Gasteiger partial charge in [-0.25, -0.2) is 4.59 Å². The predicted octanol–water partition coefficient (Wildman–Crippen LogP) is 1.09. The molecule has 0 aliphatic rings. The van der Waals surface area contributed by atoms with Gasteiger partial charge in [0.05, 0.1) is 21.1 Å². The first-order valence-electron chi connectivity index (χ1n) is 6.90. The van der Waals surface area contributed by atoms with Crippen molar-refractivity contribution < 1.29 is 28.6 Å². The van der Waals surface area contributed by atoms with E-state index < -0.39 is 0 Å². The molecule has 0 saturated heterocycles. The van der Waals surface area contributed by atoms with E-state index in [1.54, 1.807) is 0 Å². The molecule has 0 fully saturated rings. The summed E-state index contributed by atoms with van der Waals surface area (Å²) in [7, 11) is 6.28. The first kappa shape index (κ1) is 19.3. The quantitative estimate of drug-likeness (QED) is 0.236. The van der Waals surface area contributed by atoms with Gasteiger partial charge in [0.15, 0.2) is 0 Å². The van der Waals surface area contributed by atoms with Gasteiger partial charge in [0.25, 0.3) is 0 Å². The Bertz CT molecular complexity index is 452. The maximum absolute atomic E-state index is 4.88. The molecule has 0 heterocycles. The summed E-state index contributed by atoms with van der Waals surface area (Å²) in [4.78, 5) is 0. The van der Waals surface area contributed by atoms with Gasteiger partial charge in [-0.15, -0.1) is 0 Å². The summed E-state index contributed by atoms with van der Waals surface area (Å²) in [5.74, 6) is 0.426. The second-order valence-electron chi connectivity index (χ2n) is 6.21. The molecular formula is C17H27IN2. The number of benzene rings is 1. The Balaban J connectivity index is 0.00000361. The van der Waals surface area contributed by atoms with Gasteiger partial charge < -0.3 is 24.0 Å². The van der Waals surface area contributed by atoms with E-state index in [2.05, 4.69) is 72.3 Å². The van der Waals surface area contributed by atoms with Crippen LogP contribution in [-0.2, 0) is 0 Å². The lowest BCUT2D eigenvalue weighted by atomic mass is 9.94. The van der Waals surface area contributed by atoms with Crippen molar-refractivity contribution in [3.05, 3.63) is 47.5 Å². The van der Waals surface area contributed by atoms with Gasteiger partial charge in [-0.1, -0.05) is 54.0 Å². The van der Waals surface area contributed by atoms with E-state index >= 15 is 0 Å². The normalized spacial score (nSPS) is 13.4. The lowest BCUT2D eigenvalue weighted by Gasteiger charge is -2.21. The number of nitrogens with zero attached hydrogens (tertiary/aromatic N) is 2. The number of quaternary nitrogens is 1. The van der Waals surface area contributed by atoms with Crippen molar-refractivity contribution in [3.8, 4) is 0 Å². The van der Waals surface area contributed by atoms with Gasteiger partial charge in [0.1, 0.15) is 5.71 Å². The van der Waals surface area contributed by atoms with Crippen LogP contribution in [0.25, 0.3) is 0 Å². The molecular weight excluding hydrogens is 359 g/mol. The lowest BCUT2D eigenvalue weighted by molar-refractivity contribution is -0.877. The van der Waals surface area contributed by atoms with E-state index in [4.69, 9.17) is 5.10 Å². The third-order valence-corrected chi connectivity index (χ3v) is 2.82. The average Bonchev–Trinajstić information content (AvgIpc) is 2.33. The lowest BCUT2D eigenvalue weighted by Crippen LogP contribution is -3.00. The van der Waals surface area contributed by atoms with E-state index in [1.165, 1.54) is 16.8 Å². The highest BCUT2D eigenvalue weighted by Gasteiger charge is 2.17. The average molecular weight is 386 g/mol. The minimum atomic E-state index is 0. The third-order valence-electron chi connectivity index (χ3n) is 2.82. The van der Waals surface area contributed by atoms with Crippen LogP contribution in [0.2, 0.25) is 0 Å². The summed E-state index contributed by atoms with van der Waals surface area (Å²) in [5.41, 5.74) is 3.78. The molecule has 112 valence electrons. The van der Waals surface area contributed by atoms with Gasteiger partial charge >= 0.3 is 0 Å². The number of rotatable bonds is 5. The number of allylic oxidation sites excluding steroid dienone is 2. The minimum Gasteiger partial charge on any atom is -1.00 e. The highest BCUT2D eigenvalue weighted by Crippen LogP contribution is 2.16. The largest absolute Gasteiger partial charge is 1.00 e. The number of halogens is 1. The molecule has 2 nitrogen and oxygen atoms in total. The zero-order chi connectivity index (χ0) is 14.5. The summed E-state index contributed by atoms with van der Waals surface area (Å²) in [6.45, 7) is 6.54. The Labute approximate surface area is 141 Å². The SMILES string of the molecule is CC(C)=CCC(C)/C(=N\[N+](C)(C)C)c1ccccc1.[I-]. The molecule has 0 aromatic heterocycles. The van der Waals surface area contributed by atoms with Gasteiger partial charge in [-0.3, -0.25) is 0 Å². The third kappa shape index (κ3) is 7.20. The molecule has 0 N–H and O–H groups in total. The molecule has 0 saturated carbocycles. The van der Waals surface area contributed by atoms with Crippen LogP contribution in [0.3, 0.4) is 0 Å². The van der Waals surface area contributed by atoms with Gasteiger partial charge in [0.2, 0.25) is 0 Å². The standard InChI is InChI=1S/C17H27N2.HI/c1-14(2)12-13-15(3)17(18-19(4,5)6)16-10-8-7-9-11-16;/h7-12,15H,13H2,1-6H3;1H/q+1;/p-1/b18-17+;. The second-order valence-corrected chi connectivity index (χ2v) is 6.21. The van der Waals surface area contributed by atoms with Gasteiger partial charge in [0, 0.05) is 11.5 Å². The van der Waals surface area contributed by atoms with Crippen molar-refractivity contribution in [2.75, 3.05) is 21.1 Å². The minimum absolute atomic E-state index is 0. The molecule has 0 aliphatic heterocycles. The molecule has 3 heteroatoms. The Morgan fingerprint density at radius 2 is 1.70 bits per heavy atom. The summed E-state index contributed by atoms with van der Waals surface area (Å²) in [6.07, 6.45) is 3.33. The number of hydrogen-bond acceptors (Lipinski definition) is 1. The maximum atomic E-state index is 4.88. The molecule has 1 aromatic rings. The van der Waals surface area contributed by atoms with Crippen molar-refractivity contribution in [1.29, 1.82) is 0 Å². The summed E-state index contributed by atoms with van der Waals surface area (Å²) in [5, 5.41) is 4.88. The van der Waals surface area contributed by atoms with E-state index in [1.807, 2.05) is 6.07 Å². The van der Waals surface area contributed by atoms with Gasteiger partial charge in [-0.2, -0.15) is 0 Å². The summed E-state index contributed by atoms with van der Waals surface area (Å²) >= 11 is 0. The van der Waals surface area contributed by atoms with Crippen LogP contribution in [0.5, 0.6) is 0 Å². The van der Waals surface area contributed by atoms with Crippen molar-refractivity contribution in [2.45, 2.75) is 27.2 Å². The molecule has 0 spiro atoms. The number of hydrogen-bond donors (Lipinski definition) is 0. The van der Waals surface area contributed by atoms with E-state index in [0.29, 0.717) is 10.5 Å². The molecule has 0 bridgehead atoms. The molecule has 1 rings (SSSR count). The summed E-state index contributed by atoms with van der Waals surface area (Å²) < 4.78 is 0.601. The maximum Gasteiger partial charge on any atom is 0.106 e. The van der Waals surface area contributed by atoms with Crippen molar-refractivity contribution >= 4 is 5.71 Å². The van der Waals surface area contributed by atoms with Crippen LogP contribution in [0, 0.1) is 5.92 Å². The second kappa shape index (κ2) is 8.57.